The molecule has 0 radical (unpaired) electrons. The highest BCUT2D eigenvalue weighted by Gasteiger charge is 2.12. The van der Waals surface area contributed by atoms with Crippen molar-refractivity contribution in [2.24, 2.45) is 5.73 Å². The summed E-state index contributed by atoms with van der Waals surface area (Å²) in [5.41, 5.74) is 7.48. The number of hydrogen-bond donors (Lipinski definition) is 2. The minimum absolute atomic E-state index is 0.0296. The van der Waals surface area contributed by atoms with E-state index in [2.05, 4.69) is 5.32 Å². The molecule has 3 N–H and O–H groups in total. The van der Waals surface area contributed by atoms with E-state index >= 15 is 0 Å². The molecule has 1 aromatic carbocycles. The van der Waals surface area contributed by atoms with E-state index in [1.807, 2.05) is 17.7 Å². The van der Waals surface area contributed by atoms with Crippen LogP contribution in [0.4, 0.5) is 14.5 Å². The lowest BCUT2D eigenvalue weighted by molar-refractivity contribution is 0.587. The van der Waals surface area contributed by atoms with Gasteiger partial charge in [0.15, 0.2) is 0 Å². The molecule has 0 atom stereocenters. The van der Waals surface area contributed by atoms with Gasteiger partial charge in [-0.1, -0.05) is 12.2 Å². The highest BCUT2D eigenvalue weighted by molar-refractivity contribution is 7.80. The molecule has 6 heteroatoms. The number of anilines is 1. The van der Waals surface area contributed by atoms with Crippen LogP contribution >= 0.6 is 23.6 Å². The van der Waals surface area contributed by atoms with Crippen LogP contribution in [-0.4, -0.2) is 4.99 Å². The monoisotopic (exact) mass is 298 g/mol. The van der Waals surface area contributed by atoms with Gasteiger partial charge in [0.1, 0.15) is 22.3 Å². The Morgan fingerprint density at radius 2 is 1.95 bits per heavy atom. The molecule has 0 fully saturated rings. The molecule has 0 spiro atoms. The molecule has 0 unspecified atom stereocenters. The largest absolute Gasteiger partial charge is 0.389 e. The molecule has 2 nitrogen and oxygen atoms in total. The van der Waals surface area contributed by atoms with Crippen molar-refractivity contribution in [3.05, 3.63) is 51.2 Å². The van der Waals surface area contributed by atoms with Crippen molar-refractivity contribution >= 4 is 34.2 Å². The molecule has 19 heavy (non-hydrogen) atoms. The topological polar surface area (TPSA) is 38.0 Å². The Hall–Kier alpha value is -1.53. The Morgan fingerprint density at radius 3 is 2.42 bits per heavy atom. The minimum Gasteiger partial charge on any atom is -0.389 e. The van der Waals surface area contributed by atoms with Crippen molar-refractivity contribution in [1.82, 2.24) is 0 Å². The summed E-state index contributed by atoms with van der Waals surface area (Å²) in [5.74, 6) is -1.40. The second-order valence-corrected chi connectivity index (χ2v) is 5.30. The molecule has 0 saturated heterocycles. The second kappa shape index (κ2) is 5.63. The molecule has 1 heterocycles. The fourth-order valence-corrected chi connectivity index (χ4v) is 2.61. The Balaban J connectivity index is 2.21. The van der Waals surface area contributed by atoms with Crippen molar-refractivity contribution in [2.45, 2.75) is 13.5 Å². The van der Waals surface area contributed by atoms with Gasteiger partial charge in [0.05, 0.1) is 0 Å². The fraction of sp³-hybridized carbons (Fsp3) is 0.154. The number of hydrogen-bond acceptors (Lipinski definition) is 3. The van der Waals surface area contributed by atoms with Crippen LogP contribution in [0.5, 0.6) is 0 Å². The first-order chi connectivity index (χ1) is 8.99. The molecular weight excluding hydrogens is 286 g/mol. The van der Waals surface area contributed by atoms with Crippen molar-refractivity contribution < 1.29 is 8.78 Å². The Bertz CT molecular complexity index is 600. The first-order valence-electron chi connectivity index (χ1n) is 5.53. The van der Waals surface area contributed by atoms with Crippen LogP contribution in [0, 0.1) is 18.6 Å². The molecule has 0 aliphatic carbocycles. The van der Waals surface area contributed by atoms with Gasteiger partial charge in [0.2, 0.25) is 0 Å². The average Bonchev–Trinajstić information content (AvgIpc) is 2.73. The van der Waals surface area contributed by atoms with Gasteiger partial charge < -0.3 is 11.1 Å². The molecule has 0 aliphatic heterocycles. The van der Waals surface area contributed by atoms with Crippen LogP contribution in [0.3, 0.4) is 0 Å². The number of halogens is 2. The zero-order valence-electron chi connectivity index (χ0n) is 10.2. The summed E-state index contributed by atoms with van der Waals surface area (Å²) in [6, 6.07) is 2.27. The number of nitrogens with two attached hydrogens (primary N) is 1. The van der Waals surface area contributed by atoms with Crippen LogP contribution in [0.2, 0.25) is 0 Å². The van der Waals surface area contributed by atoms with Crippen LogP contribution in [0.1, 0.15) is 16.7 Å². The summed E-state index contributed by atoms with van der Waals surface area (Å²) in [7, 11) is 0. The van der Waals surface area contributed by atoms with Crippen molar-refractivity contribution in [3.63, 3.8) is 0 Å². The van der Waals surface area contributed by atoms with Crippen LogP contribution in [0.25, 0.3) is 0 Å². The minimum atomic E-state index is -0.698. The number of aryl methyl sites for hydroxylation is 1. The van der Waals surface area contributed by atoms with E-state index in [9.17, 15) is 8.78 Å². The fourth-order valence-electron chi connectivity index (χ4n) is 1.64. The smallest absolute Gasteiger partial charge is 0.150 e. The second-order valence-electron chi connectivity index (χ2n) is 4.11. The Labute approximate surface area is 119 Å². The van der Waals surface area contributed by atoms with Gasteiger partial charge in [-0.3, -0.25) is 0 Å². The molecule has 0 saturated carbocycles. The molecule has 1 aromatic heterocycles. The van der Waals surface area contributed by atoms with Gasteiger partial charge >= 0.3 is 0 Å². The van der Waals surface area contributed by atoms with Gasteiger partial charge in [-0.2, -0.15) is 11.3 Å². The maximum atomic E-state index is 13.8. The zero-order chi connectivity index (χ0) is 14.0. The van der Waals surface area contributed by atoms with E-state index in [0.29, 0.717) is 6.54 Å². The highest BCUT2D eigenvalue weighted by Crippen LogP contribution is 2.23. The quantitative estimate of drug-likeness (QED) is 0.847. The van der Waals surface area contributed by atoms with E-state index in [0.717, 1.165) is 23.3 Å². The number of nitrogens with one attached hydrogen (secondary N) is 1. The molecule has 0 bridgehead atoms. The van der Waals surface area contributed by atoms with Gasteiger partial charge in [0, 0.05) is 12.1 Å². The lowest BCUT2D eigenvalue weighted by atomic mass is 10.1. The van der Waals surface area contributed by atoms with E-state index in [1.54, 1.807) is 11.3 Å². The predicted octanol–water partition coefficient (Wildman–Crippen LogP) is 3.58. The summed E-state index contributed by atoms with van der Waals surface area (Å²) in [5, 5.41) is 6.69. The van der Waals surface area contributed by atoms with Crippen molar-refractivity contribution in [1.29, 1.82) is 0 Å². The summed E-state index contributed by atoms with van der Waals surface area (Å²) in [6.45, 7) is 2.33. The molecule has 0 aliphatic rings. The predicted molar refractivity (Wildman–Crippen MR) is 78.6 cm³/mol. The Kier molecular flexibility index (Phi) is 4.11. The lowest BCUT2D eigenvalue weighted by Gasteiger charge is -2.10. The summed E-state index contributed by atoms with van der Waals surface area (Å²) < 4.78 is 27.6. The van der Waals surface area contributed by atoms with Crippen LogP contribution in [0.15, 0.2) is 22.9 Å². The van der Waals surface area contributed by atoms with E-state index in [1.165, 1.54) is 0 Å². The summed E-state index contributed by atoms with van der Waals surface area (Å²) >= 11 is 6.25. The van der Waals surface area contributed by atoms with Crippen LogP contribution < -0.4 is 11.1 Å². The van der Waals surface area contributed by atoms with Gasteiger partial charge in [0.25, 0.3) is 0 Å². The number of thiophene rings is 1. The summed E-state index contributed by atoms with van der Waals surface area (Å²) in [4.78, 5) is -0.0296. The highest BCUT2D eigenvalue weighted by atomic mass is 32.1. The Morgan fingerprint density at radius 1 is 1.32 bits per heavy atom. The molecule has 100 valence electrons. The first-order valence-corrected chi connectivity index (χ1v) is 6.88. The lowest BCUT2D eigenvalue weighted by Crippen LogP contribution is -2.12. The SMILES string of the molecule is Cc1cscc1CNc1c(F)cc(C(N)=S)cc1F. The standard InChI is InChI=1S/C13H12F2N2S2/c1-7-5-19-6-9(7)4-17-12-10(14)2-8(13(16)18)3-11(12)15/h2-3,5-6,17H,4H2,1H3,(H2,16,18). The molecular formula is C13H12F2N2S2. The third kappa shape index (κ3) is 3.08. The van der Waals surface area contributed by atoms with Crippen molar-refractivity contribution in [2.75, 3.05) is 5.32 Å². The zero-order valence-corrected chi connectivity index (χ0v) is 11.8. The van der Waals surface area contributed by atoms with Gasteiger partial charge in [-0.25, -0.2) is 8.78 Å². The third-order valence-corrected chi connectivity index (χ3v) is 3.89. The maximum Gasteiger partial charge on any atom is 0.150 e. The van der Waals surface area contributed by atoms with Crippen LogP contribution in [-0.2, 0) is 6.54 Å². The number of thiocarbonyl (C=S) groups is 1. The summed E-state index contributed by atoms with van der Waals surface area (Å²) in [6.07, 6.45) is 0. The van der Waals surface area contributed by atoms with Crippen molar-refractivity contribution in [3.8, 4) is 0 Å². The normalized spacial score (nSPS) is 10.5. The molecule has 2 rings (SSSR count). The first kappa shape index (κ1) is 13.9. The van der Waals surface area contributed by atoms with E-state index in [-0.39, 0.29) is 16.2 Å². The van der Waals surface area contributed by atoms with E-state index in [4.69, 9.17) is 18.0 Å². The van der Waals surface area contributed by atoms with Gasteiger partial charge in [-0.05, 0) is 40.9 Å². The van der Waals surface area contributed by atoms with Gasteiger partial charge in [-0.15, -0.1) is 0 Å². The number of benzene rings is 1. The third-order valence-electron chi connectivity index (χ3n) is 2.74. The van der Waals surface area contributed by atoms with E-state index < -0.39 is 11.6 Å². The average molecular weight is 298 g/mol. The maximum absolute atomic E-state index is 13.8. The number of rotatable bonds is 4. The molecule has 0 amide bonds. The molecule has 2 aromatic rings.